The largest absolute Gasteiger partial charge is 0.370 e. The first kappa shape index (κ1) is 14.5. The summed E-state index contributed by atoms with van der Waals surface area (Å²) in [5, 5.41) is 0. The zero-order chi connectivity index (χ0) is 14.6. The minimum absolute atomic E-state index is 0.223. The summed E-state index contributed by atoms with van der Waals surface area (Å²) in [6, 6.07) is 16.6. The molecule has 0 aliphatic carbocycles. The molecule has 0 radical (unpaired) electrons. The van der Waals surface area contributed by atoms with Crippen molar-refractivity contribution in [3.63, 3.8) is 0 Å². The molecule has 2 aromatic carbocycles. The molecule has 0 aromatic heterocycles. The number of halogens is 1. The molecule has 2 nitrogen and oxygen atoms in total. The SMILES string of the molecule is CCN(CC(C)(N)c1ccccc1)c1cccc(F)c1. The highest BCUT2D eigenvalue weighted by molar-refractivity contribution is 5.47. The Kier molecular flexibility index (Phi) is 4.40. The van der Waals surface area contributed by atoms with E-state index in [4.69, 9.17) is 5.73 Å². The molecule has 2 N–H and O–H groups in total. The highest BCUT2D eigenvalue weighted by Gasteiger charge is 2.24. The van der Waals surface area contributed by atoms with Gasteiger partial charge in [0.05, 0.1) is 5.54 Å². The van der Waals surface area contributed by atoms with E-state index in [0.717, 1.165) is 17.8 Å². The summed E-state index contributed by atoms with van der Waals surface area (Å²) in [6.45, 7) is 5.47. The minimum atomic E-state index is -0.483. The summed E-state index contributed by atoms with van der Waals surface area (Å²) >= 11 is 0. The van der Waals surface area contributed by atoms with Crippen molar-refractivity contribution in [3.8, 4) is 0 Å². The van der Waals surface area contributed by atoms with Gasteiger partial charge in [0, 0.05) is 18.8 Å². The van der Waals surface area contributed by atoms with Crippen LogP contribution in [-0.4, -0.2) is 13.1 Å². The lowest BCUT2D eigenvalue weighted by Gasteiger charge is -2.34. The number of hydrogen-bond acceptors (Lipinski definition) is 2. The molecule has 20 heavy (non-hydrogen) atoms. The predicted octanol–water partition coefficient (Wildman–Crippen LogP) is 3.53. The summed E-state index contributed by atoms with van der Waals surface area (Å²) in [5.74, 6) is -0.223. The van der Waals surface area contributed by atoms with E-state index >= 15 is 0 Å². The number of anilines is 1. The number of nitrogens with two attached hydrogens (primary N) is 1. The second-order valence-electron chi connectivity index (χ2n) is 5.28. The van der Waals surface area contributed by atoms with Crippen LogP contribution < -0.4 is 10.6 Å². The molecule has 0 spiro atoms. The first-order valence-corrected chi connectivity index (χ1v) is 6.88. The standard InChI is InChI=1S/C17H21FN2/c1-3-20(16-11-7-10-15(18)12-16)13-17(2,19)14-8-5-4-6-9-14/h4-12H,3,13,19H2,1-2H3. The molecule has 106 valence electrons. The molecule has 2 aromatic rings. The van der Waals surface area contributed by atoms with Crippen LogP contribution in [0.5, 0.6) is 0 Å². The monoisotopic (exact) mass is 272 g/mol. The maximum absolute atomic E-state index is 13.4. The maximum Gasteiger partial charge on any atom is 0.125 e. The van der Waals surface area contributed by atoms with Gasteiger partial charge in [0.2, 0.25) is 0 Å². The van der Waals surface area contributed by atoms with Gasteiger partial charge >= 0.3 is 0 Å². The Morgan fingerprint density at radius 2 is 1.80 bits per heavy atom. The van der Waals surface area contributed by atoms with Crippen molar-refractivity contribution in [2.45, 2.75) is 19.4 Å². The summed E-state index contributed by atoms with van der Waals surface area (Å²) in [4.78, 5) is 2.09. The van der Waals surface area contributed by atoms with Crippen molar-refractivity contribution in [2.24, 2.45) is 5.73 Å². The van der Waals surface area contributed by atoms with Crippen molar-refractivity contribution in [1.82, 2.24) is 0 Å². The van der Waals surface area contributed by atoms with Crippen molar-refractivity contribution in [3.05, 3.63) is 66.0 Å². The van der Waals surface area contributed by atoms with Gasteiger partial charge in [-0.1, -0.05) is 36.4 Å². The normalized spacial score (nSPS) is 13.8. The molecule has 1 atom stereocenters. The Morgan fingerprint density at radius 3 is 2.40 bits per heavy atom. The van der Waals surface area contributed by atoms with E-state index in [0.29, 0.717) is 6.54 Å². The van der Waals surface area contributed by atoms with Gasteiger partial charge in [0.1, 0.15) is 5.82 Å². The predicted molar refractivity (Wildman–Crippen MR) is 82.3 cm³/mol. The van der Waals surface area contributed by atoms with Gasteiger partial charge in [0.15, 0.2) is 0 Å². The number of benzene rings is 2. The quantitative estimate of drug-likeness (QED) is 0.902. The fourth-order valence-corrected chi connectivity index (χ4v) is 2.37. The van der Waals surface area contributed by atoms with Crippen LogP contribution >= 0.6 is 0 Å². The fourth-order valence-electron chi connectivity index (χ4n) is 2.37. The van der Waals surface area contributed by atoms with Gasteiger partial charge in [-0.05, 0) is 37.6 Å². The minimum Gasteiger partial charge on any atom is -0.370 e. The van der Waals surface area contributed by atoms with Crippen molar-refractivity contribution >= 4 is 5.69 Å². The highest BCUT2D eigenvalue weighted by atomic mass is 19.1. The van der Waals surface area contributed by atoms with Crippen LogP contribution in [0.25, 0.3) is 0 Å². The molecular weight excluding hydrogens is 251 g/mol. The van der Waals surface area contributed by atoms with Crippen molar-refractivity contribution in [2.75, 3.05) is 18.0 Å². The van der Waals surface area contributed by atoms with E-state index in [1.165, 1.54) is 6.07 Å². The summed E-state index contributed by atoms with van der Waals surface area (Å²) < 4.78 is 13.4. The second-order valence-corrected chi connectivity index (χ2v) is 5.28. The first-order valence-electron chi connectivity index (χ1n) is 6.88. The van der Waals surface area contributed by atoms with Crippen LogP contribution in [0.3, 0.4) is 0 Å². The van der Waals surface area contributed by atoms with E-state index in [9.17, 15) is 4.39 Å². The third-order valence-electron chi connectivity index (χ3n) is 3.51. The van der Waals surface area contributed by atoms with E-state index in [1.54, 1.807) is 12.1 Å². The fraction of sp³-hybridized carbons (Fsp3) is 0.294. The molecule has 0 saturated heterocycles. The number of likely N-dealkylation sites (N-methyl/N-ethyl adjacent to an activating group) is 1. The molecule has 2 rings (SSSR count). The average molecular weight is 272 g/mol. The van der Waals surface area contributed by atoms with Crippen molar-refractivity contribution in [1.29, 1.82) is 0 Å². The van der Waals surface area contributed by atoms with Gasteiger partial charge in [-0.2, -0.15) is 0 Å². The third-order valence-corrected chi connectivity index (χ3v) is 3.51. The molecule has 1 unspecified atom stereocenters. The Labute approximate surface area is 120 Å². The Morgan fingerprint density at radius 1 is 1.10 bits per heavy atom. The Bertz CT molecular complexity index is 552. The van der Waals surface area contributed by atoms with Gasteiger partial charge in [-0.15, -0.1) is 0 Å². The summed E-state index contributed by atoms with van der Waals surface area (Å²) in [7, 11) is 0. The van der Waals surface area contributed by atoms with Crippen LogP contribution in [0.2, 0.25) is 0 Å². The van der Waals surface area contributed by atoms with E-state index in [-0.39, 0.29) is 5.82 Å². The lowest BCUT2D eigenvalue weighted by atomic mass is 9.92. The second kappa shape index (κ2) is 6.06. The molecule has 3 heteroatoms. The summed E-state index contributed by atoms with van der Waals surface area (Å²) in [6.07, 6.45) is 0. The number of nitrogens with zero attached hydrogens (tertiary/aromatic N) is 1. The molecule has 0 fully saturated rings. The van der Waals surface area contributed by atoms with Crippen LogP contribution in [0.4, 0.5) is 10.1 Å². The van der Waals surface area contributed by atoms with Crippen LogP contribution in [0.1, 0.15) is 19.4 Å². The topological polar surface area (TPSA) is 29.3 Å². The molecule has 0 amide bonds. The van der Waals surface area contributed by atoms with Gasteiger partial charge < -0.3 is 10.6 Å². The van der Waals surface area contributed by atoms with Gasteiger partial charge in [-0.25, -0.2) is 4.39 Å². The van der Waals surface area contributed by atoms with Crippen LogP contribution in [0.15, 0.2) is 54.6 Å². The lowest BCUT2D eigenvalue weighted by Crippen LogP contribution is -2.45. The van der Waals surface area contributed by atoms with E-state index < -0.39 is 5.54 Å². The van der Waals surface area contributed by atoms with E-state index in [2.05, 4.69) is 4.90 Å². The third kappa shape index (κ3) is 3.36. The summed E-state index contributed by atoms with van der Waals surface area (Å²) in [5.41, 5.74) is 7.91. The van der Waals surface area contributed by atoms with Crippen LogP contribution in [-0.2, 0) is 5.54 Å². The molecule has 0 aliphatic rings. The molecule has 0 bridgehead atoms. The molecule has 0 saturated carbocycles. The number of rotatable bonds is 5. The molecular formula is C17H21FN2. The maximum atomic E-state index is 13.4. The zero-order valence-electron chi connectivity index (χ0n) is 12.0. The smallest absolute Gasteiger partial charge is 0.125 e. The highest BCUT2D eigenvalue weighted by Crippen LogP contribution is 2.23. The van der Waals surface area contributed by atoms with Crippen molar-refractivity contribution < 1.29 is 4.39 Å². The lowest BCUT2D eigenvalue weighted by molar-refractivity contribution is 0.485. The number of hydrogen-bond donors (Lipinski definition) is 1. The Hall–Kier alpha value is -1.87. The molecule has 0 heterocycles. The van der Waals surface area contributed by atoms with Gasteiger partial charge in [0.25, 0.3) is 0 Å². The molecule has 0 aliphatic heterocycles. The van der Waals surface area contributed by atoms with Gasteiger partial charge in [-0.3, -0.25) is 0 Å². The average Bonchev–Trinajstić information content (AvgIpc) is 2.46. The zero-order valence-corrected chi connectivity index (χ0v) is 12.0. The van der Waals surface area contributed by atoms with E-state index in [1.807, 2.05) is 50.2 Å². The van der Waals surface area contributed by atoms with Crippen LogP contribution in [0, 0.1) is 5.82 Å². The Balaban J connectivity index is 2.22. The first-order chi connectivity index (χ1) is 9.53.